The molecule has 0 saturated carbocycles. The number of hydrogen-bond acceptors (Lipinski definition) is 5. The number of anilines is 2. The number of nitrogens with one attached hydrogen (secondary N) is 1. The maximum Gasteiger partial charge on any atom is 0.339 e. The molecule has 1 amide bonds. The molecule has 35 heavy (non-hydrogen) atoms. The fraction of sp³-hybridized carbons (Fsp3) is 0.231. The van der Waals surface area contributed by atoms with E-state index in [4.69, 9.17) is 16.3 Å². The zero-order valence-electron chi connectivity index (χ0n) is 20.0. The van der Waals surface area contributed by atoms with Crippen LogP contribution in [-0.2, 0) is 19.6 Å². The first-order valence-corrected chi connectivity index (χ1v) is 12.8. The molecule has 3 aromatic rings. The predicted molar refractivity (Wildman–Crippen MR) is 138 cm³/mol. The lowest BCUT2D eigenvalue weighted by atomic mass is 10.1. The minimum absolute atomic E-state index is 0.0796. The van der Waals surface area contributed by atoms with Crippen molar-refractivity contribution < 1.29 is 22.7 Å². The van der Waals surface area contributed by atoms with Gasteiger partial charge in [-0.2, -0.15) is 0 Å². The van der Waals surface area contributed by atoms with E-state index in [-0.39, 0.29) is 22.1 Å². The number of amides is 1. The van der Waals surface area contributed by atoms with E-state index in [0.29, 0.717) is 11.4 Å². The topological polar surface area (TPSA) is 92.8 Å². The Kier molecular flexibility index (Phi) is 8.19. The van der Waals surface area contributed by atoms with Crippen LogP contribution >= 0.6 is 11.6 Å². The van der Waals surface area contributed by atoms with Crippen LogP contribution < -0.4 is 9.62 Å². The molecule has 0 fully saturated rings. The number of sulfonamides is 1. The van der Waals surface area contributed by atoms with Crippen molar-refractivity contribution in [2.24, 2.45) is 0 Å². The highest BCUT2D eigenvalue weighted by molar-refractivity contribution is 7.92. The molecule has 0 atom stereocenters. The number of hydrogen-bond donors (Lipinski definition) is 1. The quantitative estimate of drug-likeness (QED) is 0.413. The van der Waals surface area contributed by atoms with Crippen molar-refractivity contribution in [3.63, 3.8) is 0 Å². The van der Waals surface area contributed by atoms with Crippen molar-refractivity contribution in [2.75, 3.05) is 22.8 Å². The van der Waals surface area contributed by atoms with E-state index in [0.717, 1.165) is 21.0 Å². The van der Waals surface area contributed by atoms with Gasteiger partial charge >= 0.3 is 5.97 Å². The number of carbonyl (C=O) groups excluding carboxylic acids is 2. The van der Waals surface area contributed by atoms with E-state index >= 15 is 0 Å². The Morgan fingerprint density at radius 1 is 0.943 bits per heavy atom. The van der Waals surface area contributed by atoms with Crippen LogP contribution in [0.1, 0.15) is 34.0 Å². The molecule has 1 N–H and O–H groups in total. The fourth-order valence-electron chi connectivity index (χ4n) is 3.33. The molecular weight excluding hydrogens is 488 g/mol. The number of nitrogens with zero attached hydrogens (tertiary/aromatic N) is 1. The lowest BCUT2D eigenvalue weighted by molar-refractivity contribution is -0.114. The van der Waals surface area contributed by atoms with Crippen molar-refractivity contribution in [3.05, 3.63) is 87.9 Å². The zero-order valence-corrected chi connectivity index (χ0v) is 21.5. The number of esters is 1. The summed E-state index contributed by atoms with van der Waals surface area (Å²) in [6.45, 7) is 7.10. The van der Waals surface area contributed by atoms with Gasteiger partial charge in [-0.15, -0.1) is 0 Å². The maximum atomic E-state index is 13.5. The minimum atomic E-state index is -4.04. The summed E-state index contributed by atoms with van der Waals surface area (Å²) >= 11 is 6.18. The average Bonchev–Trinajstić information content (AvgIpc) is 2.80. The lowest BCUT2D eigenvalue weighted by Crippen LogP contribution is -2.38. The number of benzene rings is 3. The van der Waals surface area contributed by atoms with Gasteiger partial charge in [0.05, 0.1) is 27.8 Å². The number of aryl methyl sites for hydroxylation is 3. The standard InChI is InChI=1S/C26H27ClN2O5S/c1-5-34-26(31)23-13-9-20(15-24(23)27)28-25(30)16-29(21-10-8-18(3)19(4)14-21)35(32,33)22-11-6-17(2)7-12-22/h6-15H,5,16H2,1-4H3,(H,28,30). The van der Waals surface area contributed by atoms with Crippen molar-refractivity contribution >= 4 is 44.9 Å². The van der Waals surface area contributed by atoms with Gasteiger partial charge in [-0.1, -0.05) is 35.4 Å². The van der Waals surface area contributed by atoms with Crippen LogP contribution in [0.4, 0.5) is 11.4 Å². The molecule has 0 aromatic heterocycles. The van der Waals surface area contributed by atoms with Crippen LogP contribution in [0, 0.1) is 20.8 Å². The summed E-state index contributed by atoms with van der Waals surface area (Å²) in [4.78, 5) is 25.0. The van der Waals surface area contributed by atoms with E-state index in [2.05, 4.69) is 5.32 Å². The van der Waals surface area contributed by atoms with E-state index in [1.807, 2.05) is 26.8 Å². The Morgan fingerprint density at radius 2 is 1.63 bits per heavy atom. The Bertz CT molecular complexity index is 1350. The number of carbonyl (C=O) groups is 2. The van der Waals surface area contributed by atoms with E-state index in [9.17, 15) is 18.0 Å². The number of halogens is 1. The molecule has 9 heteroatoms. The second-order valence-corrected chi connectivity index (χ2v) is 10.3. The summed E-state index contributed by atoms with van der Waals surface area (Å²) in [5.41, 5.74) is 3.68. The van der Waals surface area contributed by atoms with E-state index in [1.54, 1.807) is 31.2 Å². The molecule has 0 unspecified atom stereocenters. The van der Waals surface area contributed by atoms with Gasteiger partial charge < -0.3 is 10.1 Å². The first-order chi connectivity index (χ1) is 16.5. The smallest absolute Gasteiger partial charge is 0.339 e. The Labute approximate surface area is 210 Å². The third-order valence-electron chi connectivity index (χ3n) is 5.42. The highest BCUT2D eigenvalue weighted by Crippen LogP contribution is 2.27. The van der Waals surface area contributed by atoms with Gasteiger partial charge in [0.15, 0.2) is 0 Å². The largest absolute Gasteiger partial charge is 0.462 e. The minimum Gasteiger partial charge on any atom is -0.462 e. The number of rotatable bonds is 8. The second-order valence-electron chi connectivity index (χ2n) is 8.06. The van der Waals surface area contributed by atoms with Gasteiger partial charge in [-0.05, 0) is 81.3 Å². The van der Waals surface area contributed by atoms with Crippen LogP contribution in [0.2, 0.25) is 5.02 Å². The molecule has 0 radical (unpaired) electrons. The molecule has 0 bridgehead atoms. The van der Waals surface area contributed by atoms with Crippen molar-refractivity contribution in [2.45, 2.75) is 32.6 Å². The summed E-state index contributed by atoms with van der Waals surface area (Å²) in [5.74, 6) is -1.14. The van der Waals surface area contributed by atoms with Crippen molar-refractivity contribution in [3.8, 4) is 0 Å². The van der Waals surface area contributed by atoms with Gasteiger partial charge in [0.25, 0.3) is 10.0 Å². The first kappa shape index (κ1) is 26.2. The molecule has 3 rings (SSSR count). The summed E-state index contributed by atoms with van der Waals surface area (Å²) in [6, 6.07) is 16.0. The summed E-state index contributed by atoms with van der Waals surface area (Å²) < 4.78 is 33.1. The molecule has 7 nitrogen and oxygen atoms in total. The van der Waals surface area contributed by atoms with Gasteiger partial charge in [-0.3, -0.25) is 9.10 Å². The molecule has 0 heterocycles. The predicted octanol–water partition coefficient (Wildman–Crippen LogP) is 5.28. The molecule has 0 aliphatic carbocycles. The van der Waals surface area contributed by atoms with Crippen LogP contribution in [0.3, 0.4) is 0 Å². The van der Waals surface area contributed by atoms with Gasteiger partial charge in [0, 0.05) is 5.69 Å². The van der Waals surface area contributed by atoms with Gasteiger partial charge in [0.1, 0.15) is 6.54 Å². The highest BCUT2D eigenvalue weighted by atomic mass is 35.5. The molecule has 0 saturated heterocycles. The van der Waals surface area contributed by atoms with Crippen LogP contribution in [0.15, 0.2) is 65.6 Å². The molecule has 184 valence electrons. The second kappa shape index (κ2) is 10.9. The molecule has 0 spiro atoms. The Morgan fingerprint density at radius 3 is 2.23 bits per heavy atom. The third kappa shape index (κ3) is 6.21. The molecule has 0 aliphatic rings. The third-order valence-corrected chi connectivity index (χ3v) is 7.52. The summed E-state index contributed by atoms with van der Waals surface area (Å²) in [5, 5.41) is 2.77. The van der Waals surface area contributed by atoms with Crippen LogP contribution in [-0.4, -0.2) is 33.4 Å². The van der Waals surface area contributed by atoms with Crippen LogP contribution in [0.5, 0.6) is 0 Å². The van der Waals surface area contributed by atoms with Gasteiger partial charge in [-0.25, -0.2) is 13.2 Å². The zero-order chi connectivity index (χ0) is 25.8. The Balaban J connectivity index is 1.91. The van der Waals surface area contributed by atoms with E-state index in [1.165, 1.54) is 30.3 Å². The first-order valence-electron chi connectivity index (χ1n) is 11.0. The molecule has 3 aromatic carbocycles. The monoisotopic (exact) mass is 514 g/mol. The summed E-state index contributed by atoms with van der Waals surface area (Å²) in [7, 11) is -4.04. The SMILES string of the molecule is CCOC(=O)c1ccc(NC(=O)CN(c2ccc(C)c(C)c2)S(=O)(=O)c2ccc(C)cc2)cc1Cl. The lowest BCUT2D eigenvalue weighted by Gasteiger charge is -2.25. The van der Waals surface area contributed by atoms with Crippen molar-refractivity contribution in [1.82, 2.24) is 0 Å². The number of ether oxygens (including phenoxy) is 1. The highest BCUT2D eigenvalue weighted by Gasteiger charge is 2.27. The maximum absolute atomic E-state index is 13.5. The van der Waals surface area contributed by atoms with Crippen molar-refractivity contribution in [1.29, 1.82) is 0 Å². The molecule has 0 aliphatic heterocycles. The Hall–Kier alpha value is -3.36. The van der Waals surface area contributed by atoms with Gasteiger partial charge in [0.2, 0.25) is 5.91 Å². The average molecular weight is 515 g/mol. The fourth-order valence-corrected chi connectivity index (χ4v) is 5.00. The van der Waals surface area contributed by atoms with Crippen LogP contribution in [0.25, 0.3) is 0 Å². The summed E-state index contributed by atoms with van der Waals surface area (Å²) in [6.07, 6.45) is 0. The normalized spacial score (nSPS) is 11.1. The van der Waals surface area contributed by atoms with E-state index < -0.39 is 28.4 Å². The molecular formula is C26H27ClN2O5S.